The van der Waals surface area contributed by atoms with Crippen LogP contribution in [0.2, 0.25) is 0 Å². The summed E-state index contributed by atoms with van der Waals surface area (Å²) in [6.45, 7) is 13.6. The van der Waals surface area contributed by atoms with E-state index in [1.807, 2.05) is 12.3 Å². The third-order valence-corrected chi connectivity index (χ3v) is 16.2. The summed E-state index contributed by atoms with van der Waals surface area (Å²) >= 11 is 2.51. The molecule has 1 aliphatic heterocycles. The SMILES string of the molecule is CC(C)(C)c1ccnc(N2c3[c-]c(Oc4[c-]c(-n5[c](=[Pt])n(-c6c(-c7ccccc7)cc(C(C)(C)C)cc6-c6ccccc6)c6ccccc65)ccc4)ccc3C3(c4ccccc4-c4ccccc43)c3ccccc32)c1. The van der Waals surface area contributed by atoms with Crippen molar-refractivity contribution < 1.29 is 24.1 Å². The van der Waals surface area contributed by atoms with Crippen LogP contribution in [0.25, 0.3) is 55.8 Å². The average molecular weight is 1150 g/mol. The summed E-state index contributed by atoms with van der Waals surface area (Å²) in [6.07, 6.45) is 1.94. The van der Waals surface area contributed by atoms with E-state index in [0.717, 1.165) is 60.1 Å². The van der Waals surface area contributed by atoms with Crippen molar-refractivity contribution in [3.8, 4) is 56.3 Å². The van der Waals surface area contributed by atoms with Crippen molar-refractivity contribution in [3.05, 3.63) is 268 Å². The maximum absolute atomic E-state index is 7.01. The minimum atomic E-state index is -0.617. The molecule has 11 aromatic rings. The van der Waals surface area contributed by atoms with Gasteiger partial charge in [0.15, 0.2) is 0 Å². The fourth-order valence-corrected chi connectivity index (χ4v) is 12.7. The summed E-state index contributed by atoms with van der Waals surface area (Å²) in [7, 11) is 0. The molecule has 2 aromatic heterocycles. The van der Waals surface area contributed by atoms with Gasteiger partial charge < -0.3 is 0 Å². The number of imidazole rings is 1. The fourth-order valence-electron chi connectivity index (χ4n) is 11.6. The standard InChI is InChI=1S/C69H54N4O.Pt/c1-67(2,3)48-38-39-70-65(42-48)73-61-33-18-17-32-59(61)69(57-30-15-13-28-53(57)54-29-14-16-31-58(54)69)60-37-36-52(44-64(60)73)74-51-27-21-26-50(43-51)71-45-72(63-35-20-19-34-62(63)71)66-55(46-22-9-7-10-23-46)40-49(68(4,5)6)41-56(66)47-24-11-8-12-25-47;/h7-42H,1-6H3;/q-2;. The van der Waals surface area contributed by atoms with Crippen molar-refractivity contribution in [2.45, 2.75) is 57.8 Å². The Labute approximate surface area is 450 Å². The second-order valence-corrected chi connectivity index (χ2v) is 22.8. The summed E-state index contributed by atoms with van der Waals surface area (Å²) in [6, 6.07) is 84.2. The second-order valence-electron chi connectivity index (χ2n) is 21.7. The number of para-hydroxylation sites is 3. The summed E-state index contributed by atoms with van der Waals surface area (Å²) < 4.78 is 12.7. The average Bonchev–Trinajstić information content (AvgIpc) is 4.16. The number of rotatable bonds is 7. The molecule has 0 saturated carbocycles. The van der Waals surface area contributed by atoms with Crippen LogP contribution in [-0.2, 0) is 35.6 Å². The summed E-state index contributed by atoms with van der Waals surface area (Å²) in [5.74, 6) is 1.98. The number of fused-ring (bicyclic) bond motifs is 10. The van der Waals surface area contributed by atoms with Gasteiger partial charge in [-0.05, 0) is 28.2 Å². The zero-order valence-corrected chi connectivity index (χ0v) is 45.1. The van der Waals surface area contributed by atoms with Gasteiger partial charge in [-0.15, -0.1) is 0 Å². The first-order chi connectivity index (χ1) is 36.4. The Morgan fingerprint density at radius 1 is 0.467 bits per heavy atom. The van der Waals surface area contributed by atoms with E-state index in [1.54, 1.807) is 0 Å². The van der Waals surface area contributed by atoms with E-state index in [1.165, 1.54) is 50.1 Å². The molecule has 368 valence electrons. The van der Waals surface area contributed by atoms with Crippen molar-refractivity contribution in [2.75, 3.05) is 4.90 Å². The third-order valence-electron chi connectivity index (χ3n) is 15.2. The van der Waals surface area contributed by atoms with Gasteiger partial charge in [0.1, 0.15) is 0 Å². The van der Waals surface area contributed by atoms with Crippen LogP contribution in [-0.4, -0.2) is 14.1 Å². The third kappa shape index (κ3) is 7.54. The second kappa shape index (κ2) is 17.8. The van der Waals surface area contributed by atoms with E-state index in [-0.39, 0.29) is 10.8 Å². The molecule has 1 aliphatic carbocycles. The molecule has 0 bridgehead atoms. The molecule has 3 heterocycles. The first-order valence-corrected chi connectivity index (χ1v) is 26.8. The van der Waals surface area contributed by atoms with Crippen molar-refractivity contribution in [1.82, 2.24) is 14.1 Å². The van der Waals surface area contributed by atoms with Crippen LogP contribution >= 0.6 is 0 Å². The molecule has 6 heteroatoms. The number of ether oxygens (including phenoxy) is 1. The summed E-state index contributed by atoms with van der Waals surface area (Å²) in [5, 5.41) is 0. The molecular formula is C69H54N4OPt-2. The zero-order valence-electron chi connectivity index (χ0n) is 42.8. The maximum atomic E-state index is 7.01. The van der Waals surface area contributed by atoms with Gasteiger partial charge >= 0.3 is 331 Å². The number of aromatic nitrogens is 3. The van der Waals surface area contributed by atoms with E-state index in [2.05, 4.69) is 293 Å². The molecule has 0 saturated heterocycles. The molecule has 1 spiro atoms. The van der Waals surface area contributed by atoms with Crippen LogP contribution in [0.3, 0.4) is 0 Å². The molecule has 0 unspecified atom stereocenters. The van der Waals surface area contributed by atoms with Crippen molar-refractivity contribution >= 4 is 28.2 Å². The molecule has 5 nitrogen and oxygen atoms in total. The topological polar surface area (TPSA) is 35.2 Å². The molecule has 13 rings (SSSR count). The number of nitrogens with zero attached hydrogens (tertiary/aromatic N) is 4. The Kier molecular flexibility index (Phi) is 11.1. The summed E-state index contributed by atoms with van der Waals surface area (Å²) in [4.78, 5) is 7.40. The van der Waals surface area contributed by atoms with Crippen LogP contribution in [0, 0.1) is 15.9 Å². The van der Waals surface area contributed by atoms with Gasteiger partial charge in [0.05, 0.1) is 0 Å². The van der Waals surface area contributed by atoms with Crippen molar-refractivity contribution in [1.29, 1.82) is 0 Å². The number of benzene rings is 9. The van der Waals surface area contributed by atoms with Crippen LogP contribution in [0.5, 0.6) is 11.5 Å². The molecular weight excluding hydrogens is 1100 g/mol. The molecule has 0 radical (unpaired) electrons. The van der Waals surface area contributed by atoms with Gasteiger partial charge in [0, 0.05) is 6.20 Å². The quantitative estimate of drug-likeness (QED) is 0.149. The van der Waals surface area contributed by atoms with E-state index < -0.39 is 5.41 Å². The first kappa shape index (κ1) is 46.7. The molecule has 75 heavy (non-hydrogen) atoms. The minimum absolute atomic E-state index is 0.0891. The van der Waals surface area contributed by atoms with Crippen LogP contribution in [0.1, 0.15) is 74.9 Å². The molecule has 0 atom stereocenters. The van der Waals surface area contributed by atoms with Crippen LogP contribution < -0.4 is 9.64 Å². The molecule has 0 fully saturated rings. The molecule has 9 aromatic carbocycles. The Balaban J connectivity index is 0.986. The number of pyridine rings is 1. The Bertz CT molecular complexity index is 3990. The van der Waals surface area contributed by atoms with Crippen LogP contribution in [0.4, 0.5) is 17.2 Å². The monoisotopic (exact) mass is 1150 g/mol. The van der Waals surface area contributed by atoms with Gasteiger partial charge in [0.25, 0.3) is 0 Å². The van der Waals surface area contributed by atoms with Crippen molar-refractivity contribution in [2.24, 2.45) is 0 Å². The number of anilines is 3. The van der Waals surface area contributed by atoms with Gasteiger partial charge in [0.2, 0.25) is 0 Å². The molecule has 2 aliphatic rings. The normalized spacial score (nSPS) is 13.4. The van der Waals surface area contributed by atoms with Gasteiger partial charge in [-0.2, -0.15) is 0 Å². The van der Waals surface area contributed by atoms with Crippen LogP contribution in [0.15, 0.2) is 219 Å². The Morgan fingerprint density at radius 3 is 1.64 bits per heavy atom. The summed E-state index contributed by atoms with van der Waals surface area (Å²) in [5.41, 5.74) is 19.7. The first-order valence-electron chi connectivity index (χ1n) is 25.7. The predicted molar refractivity (Wildman–Crippen MR) is 302 cm³/mol. The zero-order chi connectivity index (χ0) is 51.2. The fraction of sp³-hybridized carbons (Fsp3) is 0.130. The Morgan fingerprint density at radius 2 is 1.01 bits per heavy atom. The van der Waals surface area contributed by atoms with E-state index in [9.17, 15) is 0 Å². The van der Waals surface area contributed by atoms with Gasteiger partial charge in [-0.25, -0.2) is 0 Å². The number of hydrogen-bond acceptors (Lipinski definition) is 3. The van der Waals surface area contributed by atoms with Crippen molar-refractivity contribution in [3.63, 3.8) is 0 Å². The van der Waals surface area contributed by atoms with E-state index >= 15 is 0 Å². The van der Waals surface area contributed by atoms with Gasteiger partial charge in [-0.1, -0.05) is 87.5 Å². The predicted octanol–water partition coefficient (Wildman–Crippen LogP) is 17.4. The van der Waals surface area contributed by atoms with E-state index in [0.29, 0.717) is 11.5 Å². The molecule has 0 amide bonds. The molecule has 0 N–H and O–H groups in total. The Hall–Kier alpha value is -8.11. The van der Waals surface area contributed by atoms with Gasteiger partial charge in [-0.3, -0.25) is 0 Å². The van der Waals surface area contributed by atoms with E-state index in [4.69, 9.17) is 9.72 Å². The number of hydrogen-bond donors (Lipinski definition) is 0.